The van der Waals surface area contributed by atoms with E-state index in [2.05, 4.69) is 5.10 Å². The monoisotopic (exact) mass is 369 g/mol. The first kappa shape index (κ1) is 18.0. The topological polar surface area (TPSA) is 47.4 Å². The molecular formula is C20H20ClN3O2. The lowest BCUT2D eigenvalue weighted by atomic mass is 10.2. The van der Waals surface area contributed by atoms with Gasteiger partial charge in [-0.1, -0.05) is 29.8 Å². The number of hydrogen-bond donors (Lipinski definition) is 0. The van der Waals surface area contributed by atoms with Crippen molar-refractivity contribution < 1.29 is 9.53 Å². The number of nitrogens with zero attached hydrogens (tertiary/aromatic N) is 3. The molecular weight excluding hydrogens is 350 g/mol. The summed E-state index contributed by atoms with van der Waals surface area (Å²) in [6.45, 7) is 2.30. The molecule has 26 heavy (non-hydrogen) atoms. The van der Waals surface area contributed by atoms with Gasteiger partial charge >= 0.3 is 0 Å². The molecule has 0 fully saturated rings. The van der Waals surface area contributed by atoms with Crippen LogP contribution in [0.4, 0.5) is 0 Å². The molecule has 0 spiro atoms. The average Bonchev–Trinajstić information content (AvgIpc) is 3.03. The summed E-state index contributed by atoms with van der Waals surface area (Å²) < 4.78 is 7.12. The number of para-hydroxylation sites is 1. The summed E-state index contributed by atoms with van der Waals surface area (Å²) in [5.41, 5.74) is 3.06. The number of carbonyl (C=O) groups excluding carboxylic acids is 1. The van der Waals surface area contributed by atoms with Crippen LogP contribution in [-0.4, -0.2) is 34.7 Å². The number of methoxy groups -OCH3 is 1. The van der Waals surface area contributed by atoms with E-state index in [1.165, 1.54) is 0 Å². The summed E-state index contributed by atoms with van der Waals surface area (Å²) in [5.74, 6) is 0.532. The van der Waals surface area contributed by atoms with Crippen molar-refractivity contribution >= 4 is 17.5 Å². The van der Waals surface area contributed by atoms with Crippen LogP contribution in [0.25, 0.3) is 5.69 Å². The van der Waals surface area contributed by atoms with Crippen LogP contribution in [0.5, 0.6) is 5.75 Å². The van der Waals surface area contributed by atoms with Gasteiger partial charge in [-0.3, -0.25) is 4.79 Å². The Kier molecular flexibility index (Phi) is 5.28. The van der Waals surface area contributed by atoms with Crippen LogP contribution in [0.3, 0.4) is 0 Å². The second kappa shape index (κ2) is 7.62. The number of amides is 1. The van der Waals surface area contributed by atoms with Gasteiger partial charge in [0.05, 0.1) is 12.8 Å². The molecule has 0 unspecified atom stereocenters. The molecule has 2 aromatic carbocycles. The summed E-state index contributed by atoms with van der Waals surface area (Å²) in [4.78, 5) is 14.4. The smallest absolute Gasteiger partial charge is 0.274 e. The normalized spacial score (nSPS) is 10.6. The first-order valence-corrected chi connectivity index (χ1v) is 8.57. The van der Waals surface area contributed by atoms with Crippen LogP contribution in [0.15, 0.2) is 54.6 Å². The van der Waals surface area contributed by atoms with E-state index in [1.54, 1.807) is 48.0 Å². The summed E-state index contributed by atoms with van der Waals surface area (Å²) in [5, 5.41) is 5.07. The van der Waals surface area contributed by atoms with Gasteiger partial charge in [0, 0.05) is 29.9 Å². The van der Waals surface area contributed by atoms with Crippen molar-refractivity contribution in [3.8, 4) is 11.4 Å². The molecule has 0 bridgehead atoms. The summed E-state index contributed by atoms with van der Waals surface area (Å²) in [6.07, 6.45) is 0. The van der Waals surface area contributed by atoms with Crippen molar-refractivity contribution in [3.05, 3.63) is 76.6 Å². The Balaban J connectivity index is 1.83. The maximum absolute atomic E-state index is 12.8. The van der Waals surface area contributed by atoms with Crippen LogP contribution in [0.1, 0.15) is 21.7 Å². The number of aryl methyl sites for hydroxylation is 1. The van der Waals surface area contributed by atoms with Crippen molar-refractivity contribution in [2.24, 2.45) is 0 Å². The van der Waals surface area contributed by atoms with Crippen LogP contribution in [0.2, 0.25) is 5.02 Å². The van der Waals surface area contributed by atoms with E-state index in [0.717, 1.165) is 16.9 Å². The predicted molar refractivity (Wildman–Crippen MR) is 102 cm³/mol. The predicted octanol–water partition coefficient (Wildman–Crippen LogP) is 4.11. The summed E-state index contributed by atoms with van der Waals surface area (Å²) >= 11 is 6.07. The zero-order valence-electron chi connectivity index (χ0n) is 14.9. The molecule has 0 aliphatic carbocycles. The van der Waals surface area contributed by atoms with E-state index in [9.17, 15) is 4.79 Å². The Hall–Kier alpha value is -2.79. The fraction of sp³-hybridized carbons (Fsp3) is 0.200. The van der Waals surface area contributed by atoms with Gasteiger partial charge in [-0.2, -0.15) is 5.10 Å². The Morgan fingerprint density at radius 2 is 1.92 bits per heavy atom. The SMILES string of the molecule is COc1ccc(Cl)cc1CN(C)C(=O)c1cc(C)n(-c2ccccc2)n1. The van der Waals surface area contributed by atoms with E-state index in [0.29, 0.717) is 23.0 Å². The van der Waals surface area contributed by atoms with Gasteiger partial charge in [0.2, 0.25) is 0 Å². The molecule has 1 amide bonds. The van der Waals surface area contributed by atoms with Gasteiger partial charge in [0.1, 0.15) is 5.75 Å². The number of carbonyl (C=O) groups is 1. The molecule has 1 aromatic heterocycles. The largest absolute Gasteiger partial charge is 0.496 e. The number of halogens is 1. The molecule has 6 heteroatoms. The minimum absolute atomic E-state index is 0.162. The van der Waals surface area contributed by atoms with E-state index >= 15 is 0 Å². The van der Waals surface area contributed by atoms with Crippen molar-refractivity contribution in [2.75, 3.05) is 14.2 Å². The van der Waals surface area contributed by atoms with E-state index in [4.69, 9.17) is 16.3 Å². The van der Waals surface area contributed by atoms with Crippen molar-refractivity contribution in [1.82, 2.24) is 14.7 Å². The van der Waals surface area contributed by atoms with E-state index in [-0.39, 0.29) is 5.91 Å². The molecule has 0 N–H and O–H groups in total. The first-order valence-electron chi connectivity index (χ1n) is 8.19. The lowest BCUT2D eigenvalue weighted by Gasteiger charge is -2.18. The molecule has 0 atom stereocenters. The molecule has 5 nitrogen and oxygen atoms in total. The quantitative estimate of drug-likeness (QED) is 0.679. The highest BCUT2D eigenvalue weighted by atomic mass is 35.5. The standard InChI is InChI=1S/C20H20ClN3O2/c1-14-11-18(22-24(14)17-7-5-4-6-8-17)20(25)23(2)13-15-12-16(21)9-10-19(15)26-3/h4-12H,13H2,1-3H3. The van der Waals surface area contributed by atoms with Gasteiger partial charge in [0.15, 0.2) is 5.69 Å². The molecule has 0 saturated heterocycles. The average molecular weight is 370 g/mol. The minimum atomic E-state index is -0.162. The van der Waals surface area contributed by atoms with Gasteiger partial charge < -0.3 is 9.64 Å². The first-order chi connectivity index (χ1) is 12.5. The van der Waals surface area contributed by atoms with Crippen molar-refractivity contribution in [3.63, 3.8) is 0 Å². The Labute approximate surface area is 157 Å². The minimum Gasteiger partial charge on any atom is -0.496 e. The third kappa shape index (κ3) is 3.73. The second-order valence-corrected chi connectivity index (χ2v) is 6.47. The Morgan fingerprint density at radius 1 is 1.19 bits per heavy atom. The molecule has 0 aliphatic rings. The number of ether oxygens (including phenoxy) is 1. The summed E-state index contributed by atoms with van der Waals surface area (Å²) in [6, 6.07) is 16.9. The number of hydrogen-bond acceptors (Lipinski definition) is 3. The Bertz CT molecular complexity index is 922. The molecule has 0 aliphatic heterocycles. The molecule has 0 saturated carbocycles. The third-order valence-corrected chi connectivity index (χ3v) is 4.34. The lowest BCUT2D eigenvalue weighted by Crippen LogP contribution is -2.27. The fourth-order valence-corrected chi connectivity index (χ4v) is 3.00. The van der Waals surface area contributed by atoms with Gasteiger partial charge in [0.25, 0.3) is 5.91 Å². The zero-order chi connectivity index (χ0) is 18.7. The maximum atomic E-state index is 12.8. The van der Waals surface area contributed by atoms with E-state index < -0.39 is 0 Å². The Morgan fingerprint density at radius 3 is 2.62 bits per heavy atom. The highest BCUT2D eigenvalue weighted by Crippen LogP contribution is 2.24. The van der Waals surface area contributed by atoms with Crippen LogP contribution in [-0.2, 0) is 6.54 Å². The molecule has 134 valence electrons. The van der Waals surface area contributed by atoms with Crippen molar-refractivity contribution in [1.29, 1.82) is 0 Å². The molecule has 1 heterocycles. The fourth-order valence-electron chi connectivity index (χ4n) is 2.80. The van der Waals surface area contributed by atoms with Gasteiger partial charge in [-0.15, -0.1) is 0 Å². The van der Waals surface area contributed by atoms with Crippen molar-refractivity contribution in [2.45, 2.75) is 13.5 Å². The van der Waals surface area contributed by atoms with Gasteiger partial charge in [-0.25, -0.2) is 4.68 Å². The number of aromatic nitrogens is 2. The van der Waals surface area contributed by atoms with E-state index in [1.807, 2.05) is 37.3 Å². The van der Waals surface area contributed by atoms with Gasteiger partial charge in [-0.05, 0) is 43.3 Å². The third-order valence-electron chi connectivity index (χ3n) is 4.10. The lowest BCUT2D eigenvalue weighted by molar-refractivity contribution is 0.0778. The zero-order valence-corrected chi connectivity index (χ0v) is 15.7. The summed E-state index contributed by atoms with van der Waals surface area (Å²) in [7, 11) is 3.33. The molecule has 3 rings (SSSR count). The van der Waals surface area contributed by atoms with Crippen LogP contribution >= 0.6 is 11.6 Å². The number of rotatable bonds is 5. The molecule has 0 radical (unpaired) electrons. The highest BCUT2D eigenvalue weighted by Gasteiger charge is 2.19. The van der Waals surface area contributed by atoms with Crippen LogP contribution < -0.4 is 4.74 Å². The van der Waals surface area contributed by atoms with Crippen LogP contribution in [0, 0.1) is 6.92 Å². The second-order valence-electron chi connectivity index (χ2n) is 6.04. The highest BCUT2D eigenvalue weighted by molar-refractivity contribution is 6.30. The maximum Gasteiger partial charge on any atom is 0.274 e. The number of benzene rings is 2. The molecule has 3 aromatic rings.